The summed E-state index contributed by atoms with van der Waals surface area (Å²) < 4.78 is 0. The lowest BCUT2D eigenvalue weighted by Gasteiger charge is -2.11. The van der Waals surface area contributed by atoms with Crippen LogP contribution in [0.5, 0.6) is 0 Å². The highest BCUT2D eigenvalue weighted by Crippen LogP contribution is 1.87. The largest absolute Gasteiger partial charge is 0.330 e. The van der Waals surface area contributed by atoms with Gasteiger partial charge in [0.05, 0.1) is 0 Å². The van der Waals surface area contributed by atoms with Crippen molar-refractivity contribution in [1.29, 1.82) is 0 Å². The lowest BCUT2D eigenvalue weighted by molar-refractivity contribution is 0.336. The normalized spacial score (nSPS) is 10.7. The van der Waals surface area contributed by atoms with E-state index in [0.29, 0.717) is 6.67 Å². The second-order valence-electron chi connectivity index (χ2n) is 2.26. The predicted molar refractivity (Wildman–Crippen MR) is 40.0 cm³/mol. The molecule has 0 aromatic heterocycles. The van der Waals surface area contributed by atoms with Crippen LogP contribution < -0.4 is 11.5 Å². The van der Waals surface area contributed by atoms with E-state index in [1.54, 1.807) is 0 Å². The van der Waals surface area contributed by atoms with E-state index in [2.05, 4.69) is 4.90 Å². The van der Waals surface area contributed by atoms with Gasteiger partial charge in [0.1, 0.15) is 0 Å². The first-order valence-corrected chi connectivity index (χ1v) is 3.40. The third-order valence-electron chi connectivity index (χ3n) is 1.31. The molecule has 0 aliphatic rings. The number of unbranched alkanes of at least 4 members (excludes halogenated alkanes) is 1. The van der Waals surface area contributed by atoms with Crippen LogP contribution >= 0.6 is 0 Å². The average Bonchev–Trinajstić information content (AvgIpc) is 1.89. The smallest absolute Gasteiger partial charge is 0.0452 e. The van der Waals surface area contributed by atoms with Crippen LogP contribution in [0.2, 0.25) is 0 Å². The van der Waals surface area contributed by atoms with E-state index in [-0.39, 0.29) is 0 Å². The molecular formula is C6H17N3. The Kier molecular flexibility index (Phi) is 5.93. The molecule has 0 bridgehead atoms. The summed E-state index contributed by atoms with van der Waals surface area (Å²) in [5, 5.41) is 0. The Labute approximate surface area is 57.0 Å². The Balaban J connectivity index is 2.88. The highest BCUT2D eigenvalue weighted by molar-refractivity contribution is 4.47. The maximum atomic E-state index is 5.35. The zero-order chi connectivity index (χ0) is 7.11. The molecule has 0 saturated heterocycles. The van der Waals surface area contributed by atoms with E-state index < -0.39 is 0 Å². The number of rotatable bonds is 5. The third-order valence-corrected chi connectivity index (χ3v) is 1.31. The molecule has 0 aliphatic carbocycles. The lowest BCUT2D eigenvalue weighted by Crippen LogP contribution is -2.26. The number of nitrogens with two attached hydrogens (primary N) is 2. The molecule has 0 aromatic carbocycles. The van der Waals surface area contributed by atoms with Crippen LogP contribution in [0, 0.1) is 0 Å². The molecule has 0 aliphatic heterocycles. The van der Waals surface area contributed by atoms with Crippen LogP contribution in [0.25, 0.3) is 0 Å². The van der Waals surface area contributed by atoms with Crippen molar-refractivity contribution in [1.82, 2.24) is 4.90 Å². The van der Waals surface area contributed by atoms with Gasteiger partial charge in [0.15, 0.2) is 0 Å². The van der Waals surface area contributed by atoms with Crippen LogP contribution in [0.1, 0.15) is 12.8 Å². The zero-order valence-corrected chi connectivity index (χ0v) is 6.14. The molecule has 0 amide bonds. The van der Waals surface area contributed by atoms with Crippen molar-refractivity contribution in [3.8, 4) is 0 Å². The highest BCUT2D eigenvalue weighted by atomic mass is 15.1. The van der Waals surface area contributed by atoms with Crippen molar-refractivity contribution in [3.05, 3.63) is 0 Å². The summed E-state index contributed by atoms with van der Waals surface area (Å²) in [5.74, 6) is 0. The van der Waals surface area contributed by atoms with Crippen LogP contribution in [-0.2, 0) is 0 Å². The first-order valence-electron chi connectivity index (χ1n) is 3.40. The molecule has 0 rings (SSSR count). The molecule has 0 unspecified atom stereocenters. The molecule has 3 heteroatoms. The van der Waals surface area contributed by atoms with Gasteiger partial charge in [0.2, 0.25) is 0 Å². The van der Waals surface area contributed by atoms with Crippen LogP contribution in [0.15, 0.2) is 0 Å². The first-order chi connectivity index (χ1) is 4.31. The minimum atomic E-state index is 0.643. The quantitative estimate of drug-likeness (QED) is 0.393. The van der Waals surface area contributed by atoms with Crippen molar-refractivity contribution in [3.63, 3.8) is 0 Å². The standard InChI is InChI=1S/C6H17N3/c1-9(6-8)5-3-2-4-7/h2-8H2,1H3. The summed E-state index contributed by atoms with van der Waals surface area (Å²) in [5.41, 5.74) is 10.7. The van der Waals surface area contributed by atoms with E-state index in [1.807, 2.05) is 7.05 Å². The van der Waals surface area contributed by atoms with E-state index in [4.69, 9.17) is 11.5 Å². The van der Waals surface area contributed by atoms with E-state index >= 15 is 0 Å². The molecule has 0 fully saturated rings. The highest BCUT2D eigenvalue weighted by Gasteiger charge is 1.91. The molecule has 0 saturated carbocycles. The maximum absolute atomic E-state index is 5.35. The molecule has 4 N–H and O–H groups in total. The molecule has 0 heterocycles. The summed E-state index contributed by atoms with van der Waals surface area (Å²) in [7, 11) is 2.01. The van der Waals surface area contributed by atoms with E-state index in [1.165, 1.54) is 0 Å². The molecule has 9 heavy (non-hydrogen) atoms. The van der Waals surface area contributed by atoms with Crippen molar-refractivity contribution < 1.29 is 0 Å². The SMILES string of the molecule is CN(CN)CCCCN. The fraction of sp³-hybridized carbons (Fsp3) is 1.00. The van der Waals surface area contributed by atoms with Gasteiger partial charge < -0.3 is 11.5 Å². The molecule has 56 valence electrons. The van der Waals surface area contributed by atoms with Gasteiger partial charge in [-0.15, -0.1) is 0 Å². The minimum Gasteiger partial charge on any atom is -0.330 e. The van der Waals surface area contributed by atoms with Gasteiger partial charge in [0.25, 0.3) is 0 Å². The second kappa shape index (κ2) is 6.01. The molecule has 0 atom stereocenters. The Morgan fingerprint density at radius 1 is 1.22 bits per heavy atom. The van der Waals surface area contributed by atoms with Crippen molar-refractivity contribution in [2.45, 2.75) is 12.8 Å². The first kappa shape index (κ1) is 8.88. The van der Waals surface area contributed by atoms with Crippen molar-refractivity contribution >= 4 is 0 Å². The summed E-state index contributed by atoms with van der Waals surface area (Å²) >= 11 is 0. The van der Waals surface area contributed by atoms with Gasteiger partial charge in [-0.3, -0.25) is 4.90 Å². The Hall–Kier alpha value is -0.120. The molecular weight excluding hydrogens is 114 g/mol. The van der Waals surface area contributed by atoms with Crippen LogP contribution in [0.3, 0.4) is 0 Å². The fourth-order valence-corrected chi connectivity index (χ4v) is 0.617. The maximum Gasteiger partial charge on any atom is 0.0452 e. The Morgan fingerprint density at radius 3 is 2.33 bits per heavy atom. The van der Waals surface area contributed by atoms with Gasteiger partial charge in [-0.25, -0.2) is 0 Å². The van der Waals surface area contributed by atoms with Gasteiger partial charge in [-0.1, -0.05) is 0 Å². The Bertz CT molecular complexity index is 56.3. The number of hydrogen-bond donors (Lipinski definition) is 2. The number of hydrogen-bond acceptors (Lipinski definition) is 3. The lowest BCUT2D eigenvalue weighted by atomic mass is 10.3. The Morgan fingerprint density at radius 2 is 1.89 bits per heavy atom. The van der Waals surface area contributed by atoms with E-state index in [0.717, 1.165) is 25.9 Å². The summed E-state index contributed by atoms with van der Waals surface area (Å²) in [4.78, 5) is 2.08. The van der Waals surface area contributed by atoms with Gasteiger partial charge in [-0.05, 0) is 33.0 Å². The third kappa shape index (κ3) is 5.76. The summed E-state index contributed by atoms with van der Waals surface area (Å²) in [6.07, 6.45) is 2.26. The molecule has 3 nitrogen and oxygen atoms in total. The zero-order valence-electron chi connectivity index (χ0n) is 6.14. The summed E-state index contributed by atoms with van der Waals surface area (Å²) in [6, 6.07) is 0. The number of nitrogens with zero attached hydrogens (tertiary/aromatic N) is 1. The topological polar surface area (TPSA) is 55.3 Å². The molecule has 0 aromatic rings. The van der Waals surface area contributed by atoms with Gasteiger partial charge >= 0.3 is 0 Å². The monoisotopic (exact) mass is 131 g/mol. The van der Waals surface area contributed by atoms with Crippen LogP contribution in [-0.4, -0.2) is 31.7 Å². The summed E-state index contributed by atoms with van der Waals surface area (Å²) in [6.45, 7) is 2.50. The van der Waals surface area contributed by atoms with E-state index in [9.17, 15) is 0 Å². The average molecular weight is 131 g/mol. The van der Waals surface area contributed by atoms with Crippen molar-refractivity contribution in [2.75, 3.05) is 26.8 Å². The van der Waals surface area contributed by atoms with Crippen LogP contribution in [0.4, 0.5) is 0 Å². The van der Waals surface area contributed by atoms with Crippen molar-refractivity contribution in [2.24, 2.45) is 11.5 Å². The second-order valence-corrected chi connectivity index (χ2v) is 2.26. The molecule has 0 radical (unpaired) electrons. The van der Waals surface area contributed by atoms with Gasteiger partial charge in [-0.2, -0.15) is 0 Å². The fourth-order valence-electron chi connectivity index (χ4n) is 0.617. The predicted octanol–water partition coefficient (Wildman–Crippen LogP) is -0.427. The molecule has 0 spiro atoms. The minimum absolute atomic E-state index is 0.643. The van der Waals surface area contributed by atoms with Gasteiger partial charge in [0, 0.05) is 6.67 Å².